The summed E-state index contributed by atoms with van der Waals surface area (Å²) in [6, 6.07) is 8.07. The molecule has 3 heteroatoms. The fourth-order valence-corrected chi connectivity index (χ4v) is 3.43. The van der Waals surface area contributed by atoms with Gasteiger partial charge < -0.3 is 5.11 Å². The molecule has 1 aliphatic rings. The quantitative estimate of drug-likeness (QED) is 0.873. The maximum Gasteiger partial charge on any atom is 0.320 e. The van der Waals surface area contributed by atoms with Crippen molar-refractivity contribution in [2.24, 2.45) is 0 Å². The summed E-state index contributed by atoms with van der Waals surface area (Å²) in [6.07, 6.45) is 2.36. The van der Waals surface area contributed by atoms with Crippen molar-refractivity contribution < 1.29 is 9.90 Å². The van der Waals surface area contributed by atoms with Gasteiger partial charge in [0, 0.05) is 0 Å². The van der Waals surface area contributed by atoms with Gasteiger partial charge in [-0.05, 0) is 36.1 Å². The standard InChI is InChI=1S/C13H16O2S/c1-2-7-16-13(12(14)15)8-10-5-3-4-6-11(10)9-13/h3-6H,2,7-9H2,1H3,(H,14,15). The molecule has 0 aliphatic heterocycles. The molecule has 0 saturated carbocycles. The number of aliphatic carboxylic acids is 1. The average Bonchev–Trinajstić information content (AvgIpc) is 2.66. The summed E-state index contributed by atoms with van der Waals surface area (Å²) in [5.41, 5.74) is 2.40. The number of hydrogen-bond donors (Lipinski definition) is 1. The van der Waals surface area contributed by atoms with Crippen molar-refractivity contribution in [3.63, 3.8) is 0 Å². The van der Waals surface area contributed by atoms with Gasteiger partial charge in [0.05, 0.1) is 0 Å². The van der Waals surface area contributed by atoms with Crippen molar-refractivity contribution in [2.75, 3.05) is 5.75 Å². The zero-order valence-electron chi connectivity index (χ0n) is 9.40. The number of fused-ring (bicyclic) bond motifs is 1. The first kappa shape index (κ1) is 11.5. The van der Waals surface area contributed by atoms with Crippen molar-refractivity contribution >= 4 is 17.7 Å². The number of benzene rings is 1. The Kier molecular flexibility index (Phi) is 3.24. The van der Waals surface area contributed by atoms with Gasteiger partial charge in [0.15, 0.2) is 0 Å². The Morgan fingerprint density at radius 1 is 1.38 bits per heavy atom. The Morgan fingerprint density at radius 3 is 2.38 bits per heavy atom. The van der Waals surface area contributed by atoms with Crippen LogP contribution in [-0.2, 0) is 17.6 Å². The van der Waals surface area contributed by atoms with Crippen LogP contribution in [0.15, 0.2) is 24.3 Å². The van der Waals surface area contributed by atoms with Gasteiger partial charge in [-0.15, -0.1) is 11.8 Å². The van der Waals surface area contributed by atoms with Gasteiger partial charge >= 0.3 is 5.97 Å². The highest BCUT2D eigenvalue weighted by atomic mass is 32.2. The average molecular weight is 236 g/mol. The van der Waals surface area contributed by atoms with Crippen LogP contribution in [0.2, 0.25) is 0 Å². The van der Waals surface area contributed by atoms with Crippen LogP contribution in [0.5, 0.6) is 0 Å². The lowest BCUT2D eigenvalue weighted by molar-refractivity contribution is -0.139. The van der Waals surface area contributed by atoms with Gasteiger partial charge in [-0.3, -0.25) is 4.79 Å². The Bertz CT molecular complexity index is 376. The van der Waals surface area contributed by atoms with Crippen LogP contribution in [0.3, 0.4) is 0 Å². The van der Waals surface area contributed by atoms with E-state index in [9.17, 15) is 9.90 Å². The third-order valence-electron chi connectivity index (χ3n) is 3.04. The number of carboxylic acids is 1. The number of carbonyl (C=O) groups is 1. The molecule has 1 N–H and O–H groups in total. The Hall–Kier alpha value is -0.960. The summed E-state index contributed by atoms with van der Waals surface area (Å²) >= 11 is 1.60. The summed E-state index contributed by atoms with van der Waals surface area (Å²) in [5, 5.41) is 9.44. The summed E-state index contributed by atoms with van der Waals surface area (Å²) in [4.78, 5) is 11.5. The minimum absolute atomic E-state index is 0.611. The first-order chi connectivity index (χ1) is 7.68. The molecule has 86 valence electrons. The second-order valence-electron chi connectivity index (χ2n) is 4.27. The molecule has 0 heterocycles. The van der Waals surface area contributed by atoms with Gasteiger partial charge in [0.25, 0.3) is 0 Å². The van der Waals surface area contributed by atoms with E-state index in [0.29, 0.717) is 12.8 Å². The van der Waals surface area contributed by atoms with Gasteiger partial charge in [-0.1, -0.05) is 31.2 Å². The van der Waals surface area contributed by atoms with E-state index in [1.165, 1.54) is 11.1 Å². The Balaban J connectivity index is 2.24. The molecule has 1 aromatic carbocycles. The zero-order valence-corrected chi connectivity index (χ0v) is 10.2. The molecule has 2 rings (SSSR count). The maximum atomic E-state index is 11.5. The molecule has 0 fully saturated rings. The fraction of sp³-hybridized carbons (Fsp3) is 0.462. The molecular formula is C13H16O2S. The van der Waals surface area contributed by atoms with E-state index in [-0.39, 0.29) is 0 Å². The Labute approximate surface area is 100 Å². The van der Waals surface area contributed by atoms with Gasteiger partial charge in [-0.2, -0.15) is 0 Å². The predicted molar refractivity (Wildman–Crippen MR) is 67.0 cm³/mol. The molecule has 1 aromatic rings. The molecule has 16 heavy (non-hydrogen) atoms. The monoisotopic (exact) mass is 236 g/mol. The van der Waals surface area contributed by atoms with Crippen molar-refractivity contribution in [2.45, 2.75) is 30.9 Å². The molecule has 1 aliphatic carbocycles. The maximum absolute atomic E-state index is 11.5. The number of rotatable bonds is 4. The van der Waals surface area contributed by atoms with Crippen LogP contribution >= 0.6 is 11.8 Å². The van der Waals surface area contributed by atoms with Gasteiger partial charge in [0.1, 0.15) is 4.75 Å². The van der Waals surface area contributed by atoms with Crippen LogP contribution in [0.25, 0.3) is 0 Å². The minimum Gasteiger partial charge on any atom is -0.480 e. The number of thioether (sulfide) groups is 1. The highest BCUT2D eigenvalue weighted by Gasteiger charge is 2.44. The number of carboxylic acid groups (broad SMARTS) is 1. The third-order valence-corrected chi connectivity index (χ3v) is 4.67. The van der Waals surface area contributed by atoms with Crippen LogP contribution in [0, 0.1) is 0 Å². The topological polar surface area (TPSA) is 37.3 Å². The summed E-state index contributed by atoms with van der Waals surface area (Å²) in [7, 11) is 0. The largest absolute Gasteiger partial charge is 0.480 e. The molecule has 0 saturated heterocycles. The second-order valence-corrected chi connectivity index (χ2v) is 5.75. The molecule has 0 spiro atoms. The van der Waals surface area contributed by atoms with Crippen LogP contribution in [-0.4, -0.2) is 21.6 Å². The molecule has 2 nitrogen and oxygen atoms in total. The normalized spacial score (nSPS) is 17.1. The highest BCUT2D eigenvalue weighted by molar-refractivity contribution is 8.01. The van der Waals surface area contributed by atoms with Crippen molar-refractivity contribution in [1.82, 2.24) is 0 Å². The SMILES string of the molecule is CCCSC1(C(=O)O)Cc2ccccc2C1. The molecule has 0 amide bonds. The van der Waals surface area contributed by atoms with Crippen LogP contribution in [0.4, 0.5) is 0 Å². The molecule has 0 bridgehead atoms. The van der Waals surface area contributed by atoms with E-state index >= 15 is 0 Å². The first-order valence-corrected chi connectivity index (χ1v) is 6.60. The second kappa shape index (κ2) is 4.50. The van der Waals surface area contributed by atoms with Crippen LogP contribution < -0.4 is 0 Å². The molecule has 0 unspecified atom stereocenters. The van der Waals surface area contributed by atoms with Gasteiger partial charge in [-0.25, -0.2) is 0 Å². The predicted octanol–water partition coefficient (Wildman–Crippen LogP) is 2.75. The third kappa shape index (κ3) is 1.96. The van der Waals surface area contributed by atoms with E-state index < -0.39 is 10.7 Å². The van der Waals surface area contributed by atoms with E-state index in [4.69, 9.17) is 0 Å². The van der Waals surface area contributed by atoms with Crippen molar-refractivity contribution in [3.05, 3.63) is 35.4 Å². The van der Waals surface area contributed by atoms with E-state index in [0.717, 1.165) is 12.2 Å². The van der Waals surface area contributed by atoms with E-state index in [1.807, 2.05) is 24.3 Å². The first-order valence-electron chi connectivity index (χ1n) is 5.62. The summed E-state index contributed by atoms with van der Waals surface area (Å²) in [5.74, 6) is 0.252. The summed E-state index contributed by atoms with van der Waals surface area (Å²) < 4.78 is -0.611. The van der Waals surface area contributed by atoms with Crippen molar-refractivity contribution in [1.29, 1.82) is 0 Å². The molecule has 0 radical (unpaired) electrons. The van der Waals surface area contributed by atoms with Gasteiger partial charge in [0.2, 0.25) is 0 Å². The van der Waals surface area contributed by atoms with E-state index in [1.54, 1.807) is 11.8 Å². The summed E-state index contributed by atoms with van der Waals surface area (Å²) in [6.45, 7) is 2.09. The smallest absolute Gasteiger partial charge is 0.320 e. The molecular weight excluding hydrogens is 220 g/mol. The molecule has 0 atom stereocenters. The Morgan fingerprint density at radius 2 is 1.94 bits per heavy atom. The van der Waals surface area contributed by atoms with E-state index in [2.05, 4.69) is 6.92 Å². The highest BCUT2D eigenvalue weighted by Crippen LogP contribution is 2.40. The molecule has 0 aromatic heterocycles. The van der Waals surface area contributed by atoms with Crippen molar-refractivity contribution in [3.8, 4) is 0 Å². The van der Waals surface area contributed by atoms with Crippen LogP contribution in [0.1, 0.15) is 24.5 Å². The zero-order chi connectivity index (χ0) is 11.6. The number of hydrogen-bond acceptors (Lipinski definition) is 2. The lowest BCUT2D eigenvalue weighted by atomic mass is 10.1. The fourth-order valence-electron chi connectivity index (χ4n) is 2.19. The minimum atomic E-state index is -0.665. The lowest BCUT2D eigenvalue weighted by Crippen LogP contribution is -2.36. The lowest BCUT2D eigenvalue weighted by Gasteiger charge is -2.22.